The van der Waals surface area contributed by atoms with Crippen LogP contribution in [0.4, 0.5) is 0 Å². The van der Waals surface area contributed by atoms with Crippen molar-refractivity contribution < 1.29 is 14.3 Å². The molecule has 2 aromatic rings. The van der Waals surface area contributed by atoms with Gasteiger partial charge in [0.25, 0.3) is 0 Å². The smallest absolute Gasteiger partial charge is 0.302 e. The van der Waals surface area contributed by atoms with Crippen molar-refractivity contribution in [2.24, 2.45) is 0 Å². The summed E-state index contributed by atoms with van der Waals surface area (Å²) in [6.45, 7) is 3.34. The number of hydrogen-bond acceptors (Lipinski definition) is 4. The summed E-state index contributed by atoms with van der Waals surface area (Å²) in [6.07, 6.45) is 0. The molecule has 0 unspecified atom stereocenters. The van der Waals surface area contributed by atoms with Crippen molar-refractivity contribution in [2.75, 3.05) is 7.11 Å². The Morgan fingerprint density at radius 2 is 1.41 bits per heavy atom. The first-order valence-corrected chi connectivity index (χ1v) is 7.22. The largest absolute Gasteiger partial charge is 0.497 e. The van der Waals surface area contributed by atoms with E-state index in [1.165, 1.54) is 18.1 Å². The molecule has 0 saturated heterocycles. The van der Waals surface area contributed by atoms with Gasteiger partial charge in [-0.05, 0) is 28.8 Å². The van der Waals surface area contributed by atoms with Gasteiger partial charge in [-0.25, -0.2) is 0 Å². The molecule has 0 heterocycles. The zero-order valence-corrected chi connectivity index (χ0v) is 13.0. The summed E-state index contributed by atoms with van der Waals surface area (Å²) < 4.78 is 10.1. The minimum absolute atomic E-state index is 0.259. The maximum Gasteiger partial charge on any atom is 0.302 e. The highest BCUT2D eigenvalue weighted by Gasteiger charge is 1.98. The van der Waals surface area contributed by atoms with Gasteiger partial charge in [-0.3, -0.25) is 4.79 Å². The van der Waals surface area contributed by atoms with Crippen molar-refractivity contribution in [3.63, 3.8) is 0 Å². The molecule has 0 aliphatic heterocycles. The minimum Gasteiger partial charge on any atom is -0.497 e. The highest BCUT2D eigenvalue weighted by molar-refractivity contribution is 5.65. The summed E-state index contributed by atoms with van der Waals surface area (Å²) in [5, 5.41) is 3.40. The van der Waals surface area contributed by atoms with Crippen LogP contribution in [0.25, 0.3) is 0 Å². The summed E-state index contributed by atoms with van der Waals surface area (Å²) in [5.41, 5.74) is 3.40. The summed E-state index contributed by atoms with van der Waals surface area (Å²) in [5.74, 6) is 0.609. The molecule has 0 bridgehead atoms. The van der Waals surface area contributed by atoms with E-state index in [-0.39, 0.29) is 5.97 Å². The Kier molecular flexibility index (Phi) is 5.98. The average Bonchev–Trinajstić information content (AvgIpc) is 2.55. The Morgan fingerprint density at radius 1 is 0.909 bits per heavy atom. The molecule has 0 saturated carbocycles. The molecule has 116 valence electrons. The number of nitrogens with one attached hydrogen (secondary N) is 1. The van der Waals surface area contributed by atoms with E-state index in [1.807, 2.05) is 48.5 Å². The lowest BCUT2D eigenvalue weighted by molar-refractivity contribution is -0.142. The quantitative estimate of drug-likeness (QED) is 0.798. The number of carbonyl (C=O) groups is 1. The third-order valence-corrected chi connectivity index (χ3v) is 3.28. The molecule has 0 fully saturated rings. The molecule has 22 heavy (non-hydrogen) atoms. The highest BCUT2D eigenvalue weighted by atomic mass is 16.5. The van der Waals surface area contributed by atoms with Gasteiger partial charge in [0.15, 0.2) is 0 Å². The van der Waals surface area contributed by atoms with Crippen molar-refractivity contribution in [3.8, 4) is 5.75 Å². The van der Waals surface area contributed by atoms with E-state index >= 15 is 0 Å². The lowest BCUT2D eigenvalue weighted by atomic mass is 10.1. The molecule has 0 atom stereocenters. The number of benzene rings is 2. The third-order valence-electron chi connectivity index (χ3n) is 3.28. The van der Waals surface area contributed by atoms with E-state index < -0.39 is 0 Å². The highest BCUT2D eigenvalue weighted by Crippen LogP contribution is 2.11. The van der Waals surface area contributed by atoms with Crippen molar-refractivity contribution in [2.45, 2.75) is 26.6 Å². The number of carbonyl (C=O) groups excluding carboxylic acids is 1. The van der Waals surface area contributed by atoms with Gasteiger partial charge < -0.3 is 14.8 Å². The summed E-state index contributed by atoms with van der Waals surface area (Å²) in [7, 11) is 1.67. The molecule has 0 aliphatic rings. The van der Waals surface area contributed by atoms with Crippen LogP contribution in [-0.4, -0.2) is 13.1 Å². The van der Waals surface area contributed by atoms with Gasteiger partial charge in [0.05, 0.1) is 7.11 Å². The lowest BCUT2D eigenvalue weighted by Gasteiger charge is -2.07. The molecule has 0 spiro atoms. The SMILES string of the molecule is COc1ccc(CNCc2ccc(COC(C)=O)cc2)cc1. The van der Waals surface area contributed by atoms with Gasteiger partial charge in [0.2, 0.25) is 0 Å². The second-order valence-corrected chi connectivity index (χ2v) is 5.05. The number of methoxy groups -OCH3 is 1. The normalized spacial score (nSPS) is 10.3. The first kappa shape index (κ1) is 16.0. The zero-order chi connectivity index (χ0) is 15.8. The molecule has 0 radical (unpaired) electrons. The average molecular weight is 299 g/mol. The molecule has 4 heteroatoms. The Labute approximate surface area is 131 Å². The Bertz CT molecular complexity index is 591. The predicted molar refractivity (Wildman–Crippen MR) is 85.4 cm³/mol. The Balaban J connectivity index is 1.77. The van der Waals surface area contributed by atoms with Crippen LogP contribution in [0.3, 0.4) is 0 Å². The van der Waals surface area contributed by atoms with E-state index in [0.29, 0.717) is 6.61 Å². The molecule has 0 aliphatic carbocycles. The van der Waals surface area contributed by atoms with E-state index in [4.69, 9.17) is 9.47 Å². The number of rotatable bonds is 7. The fraction of sp³-hybridized carbons (Fsp3) is 0.278. The zero-order valence-electron chi connectivity index (χ0n) is 13.0. The van der Waals surface area contributed by atoms with Gasteiger partial charge in [-0.1, -0.05) is 36.4 Å². The van der Waals surface area contributed by atoms with E-state index in [1.54, 1.807) is 7.11 Å². The molecule has 1 N–H and O–H groups in total. The van der Waals surface area contributed by atoms with Gasteiger partial charge in [-0.15, -0.1) is 0 Å². The fourth-order valence-corrected chi connectivity index (χ4v) is 2.03. The van der Waals surface area contributed by atoms with Crippen LogP contribution in [0.5, 0.6) is 5.75 Å². The molecule has 2 aromatic carbocycles. The maximum absolute atomic E-state index is 10.8. The van der Waals surface area contributed by atoms with Gasteiger partial charge in [-0.2, -0.15) is 0 Å². The van der Waals surface area contributed by atoms with E-state index in [0.717, 1.165) is 24.4 Å². The van der Waals surface area contributed by atoms with Crippen molar-refractivity contribution in [1.82, 2.24) is 5.32 Å². The predicted octanol–water partition coefficient (Wildman–Crippen LogP) is 3.05. The molecule has 0 amide bonds. The lowest BCUT2D eigenvalue weighted by Crippen LogP contribution is -2.12. The second-order valence-electron chi connectivity index (χ2n) is 5.05. The number of hydrogen-bond donors (Lipinski definition) is 1. The van der Waals surface area contributed by atoms with Crippen LogP contribution >= 0.6 is 0 Å². The standard InChI is InChI=1S/C18H21NO3/c1-14(20)22-13-17-5-3-15(4-6-17)11-19-12-16-7-9-18(21-2)10-8-16/h3-10,19H,11-13H2,1-2H3. The summed E-state index contributed by atoms with van der Waals surface area (Å²) in [4.78, 5) is 10.8. The van der Waals surface area contributed by atoms with Crippen molar-refractivity contribution in [1.29, 1.82) is 0 Å². The first-order chi connectivity index (χ1) is 10.7. The van der Waals surface area contributed by atoms with Crippen LogP contribution in [0.1, 0.15) is 23.6 Å². The fourth-order valence-electron chi connectivity index (χ4n) is 2.03. The second kappa shape index (κ2) is 8.20. The van der Waals surface area contributed by atoms with E-state index in [2.05, 4.69) is 5.32 Å². The van der Waals surface area contributed by atoms with Crippen LogP contribution < -0.4 is 10.1 Å². The van der Waals surface area contributed by atoms with Crippen LogP contribution in [-0.2, 0) is 29.2 Å². The molecular weight excluding hydrogens is 278 g/mol. The van der Waals surface area contributed by atoms with Crippen LogP contribution in [0.15, 0.2) is 48.5 Å². The Morgan fingerprint density at radius 3 is 1.91 bits per heavy atom. The van der Waals surface area contributed by atoms with Crippen LogP contribution in [0, 0.1) is 0 Å². The Hall–Kier alpha value is -2.33. The number of esters is 1. The van der Waals surface area contributed by atoms with Crippen molar-refractivity contribution in [3.05, 3.63) is 65.2 Å². The minimum atomic E-state index is -0.259. The van der Waals surface area contributed by atoms with Crippen molar-refractivity contribution >= 4 is 5.97 Å². The number of ether oxygens (including phenoxy) is 2. The molecular formula is C18H21NO3. The monoisotopic (exact) mass is 299 g/mol. The van der Waals surface area contributed by atoms with Gasteiger partial charge >= 0.3 is 5.97 Å². The molecule has 4 nitrogen and oxygen atoms in total. The van der Waals surface area contributed by atoms with Gasteiger partial charge in [0, 0.05) is 20.0 Å². The topological polar surface area (TPSA) is 47.6 Å². The van der Waals surface area contributed by atoms with Gasteiger partial charge in [0.1, 0.15) is 12.4 Å². The third kappa shape index (κ3) is 5.22. The molecule has 0 aromatic heterocycles. The van der Waals surface area contributed by atoms with E-state index in [9.17, 15) is 4.79 Å². The summed E-state index contributed by atoms with van der Waals surface area (Å²) in [6, 6.07) is 16.1. The first-order valence-electron chi connectivity index (χ1n) is 7.22. The summed E-state index contributed by atoms with van der Waals surface area (Å²) >= 11 is 0. The maximum atomic E-state index is 10.8. The van der Waals surface area contributed by atoms with Crippen LogP contribution in [0.2, 0.25) is 0 Å². The molecule has 2 rings (SSSR count).